The summed E-state index contributed by atoms with van der Waals surface area (Å²) in [5.41, 5.74) is 4.70. The largest absolute Gasteiger partial charge is 0.313 e. The van der Waals surface area contributed by atoms with E-state index in [1.807, 2.05) is 0 Å². The summed E-state index contributed by atoms with van der Waals surface area (Å²) in [7, 11) is 0. The molecule has 0 unspecified atom stereocenters. The zero-order chi connectivity index (χ0) is 11.7. The number of nitrogens with zero attached hydrogens (tertiary/aromatic N) is 2. The van der Waals surface area contributed by atoms with Gasteiger partial charge in [-0.2, -0.15) is 0 Å². The van der Waals surface area contributed by atoms with Gasteiger partial charge in [0.1, 0.15) is 6.33 Å². The maximum atomic E-state index is 4.45. The van der Waals surface area contributed by atoms with Gasteiger partial charge in [-0.3, -0.25) is 0 Å². The molecule has 3 heteroatoms. The van der Waals surface area contributed by atoms with Crippen molar-refractivity contribution < 1.29 is 0 Å². The smallest absolute Gasteiger partial charge is 0.116 e. The molecule has 2 heterocycles. The summed E-state index contributed by atoms with van der Waals surface area (Å²) in [6.45, 7) is 4.06. The molecule has 1 aliphatic rings. The van der Waals surface area contributed by atoms with Crippen LogP contribution in [0.15, 0.2) is 30.6 Å². The van der Waals surface area contributed by atoms with Gasteiger partial charge in [-0.25, -0.2) is 9.97 Å². The lowest BCUT2D eigenvalue weighted by molar-refractivity contribution is 0.737. The Kier molecular flexibility index (Phi) is 2.61. The molecule has 17 heavy (non-hydrogen) atoms. The fourth-order valence-corrected chi connectivity index (χ4v) is 2.26. The summed E-state index contributed by atoms with van der Waals surface area (Å²) in [6.07, 6.45) is 4.94. The molecule has 3 nitrogen and oxygen atoms in total. The van der Waals surface area contributed by atoms with Crippen molar-refractivity contribution in [3.63, 3.8) is 0 Å². The van der Waals surface area contributed by atoms with E-state index in [9.17, 15) is 0 Å². The second kappa shape index (κ2) is 4.26. The Labute approximate surface area is 101 Å². The molecule has 1 N–H and O–H groups in total. The van der Waals surface area contributed by atoms with E-state index < -0.39 is 0 Å². The van der Waals surface area contributed by atoms with Crippen LogP contribution in [-0.2, 0) is 0 Å². The van der Waals surface area contributed by atoms with E-state index in [1.54, 1.807) is 6.33 Å². The van der Waals surface area contributed by atoms with Crippen molar-refractivity contribution in [2.75, 3.05) is 13.1 Å². The molecular formula is C14H15N3. The first-order valence-electron chi connectivity index (χ1n) is 5.96. The highest BCUT2D eigenvalue weighted by atomic mass is 14.9. The van der Waals surface area contributed by atoms with Gasteiger partial charge in [-0.15, -0.1) is 0 Å². The molecule has 3 rings (SSSR count). The number of aromatic nitrogens is 2. The molecule has 1 aromatic carbocycles. The molecule has 2 aromatic rings. The minimum Gasteiger partial charge on any atom is -0.313 e. The predicted molar refractivity (Wildman–Crippen MR) is 69.7 cm³/mol. The molecule has 86 valence electrons. The number of fused-ring (bicyclic) bond motifs is 1. The zero-order valence-corrected chi connectivity index (χ0v) is 9.90. The molecule has 0 spiro atoms. The van der Waals surface area contributed by atoms with Crippen molar-refractivity contribution in [3.05, 3.63) is 41.9 Å². The fourth-order valence-electron chi connectivity index (χ4n) is 2.26. The number of benzene rings is 1. The van der Waals surface area contributed by atoms with E-state index in [1.165, 1.54) is 11.1 Å². The predicted octanol–water partition coefficient (Wildman–Crippen LogP) is 2.31. The Morgan fingerprint density at radius 2 is 2.18 bits per heavy atom. The van der Waals surface area contributed by atoms with E-state index in [0.29, 0.717) is 0 Å². The van der Waals surface area contributed by atoms with Gasteiger partial charge in [0.2, 0.25) is 0 Å². The van der Waals surface area contributed by atoms with Crippen molar-refractivity contribution >= 4 is 16.5 Å². The number of aryl methyl sites for hydroxylation is 1. The third-order valence-corrected chi connectivity index (χ3v) is 3.16. The molecule has 0 atom stereocenters. The van der Waals surface area contributed by atoms with Gasteiger partial charge >= 0.3 is 0 Å². The zero-order valence-electron chi connectivity index (χ0n) is 9.90. The van der Waals surface area contributed by atoms with Crippen LogP contribution in [0, 0.1) is 6.92 Å². The van der Waals surface area contributed by atoms with Gasteiger partial charge in [0, 0.05) is 11.9 Å². The van der Waals surface area contributed by atoms with E-state index in [-0.39, 0.29) is 0 Å². The third-order valence-electron chi connectivity index (χ3n) is 3.16. The summed E-state index contributed by atoms with van der Waals surface area (Å²) < 4.78 is 0. The van der Waals surface area contributed by atoms with Gasteiger partial charge in [0.15, 0.2) is 0 Å². The quantitative estimate of drug-likeness (QED) is 0.809. The van der Waals surface area contributed by atoms with Gasteiger partial charge < -0.3 is 5.32 Å². The Morgan fingerprint density at radius 3 is 3.00 bits per heavy atom. The number of rotatable bonds is 1. The van der Waals surface area contributed by atoms with Crippen LogP contribution in [0.25, 0.3) is 16.5 Å². The van der Waals surface area contributed by atoms with Crippen LogP contribution in [0.3, 0.4) is 0 Å². The molecule has 0 aliphatic carbocycles. The summed E-state index contributed by atoms with van der Waals surface area (Å²) in [5, 5.41) is 4.48. The Morgan fingerprint density at radius 1 is 1.24 bits per heavy atom. The van der Waals surface area contributed by atoms with Gasteiger partial charge in [-0.1, -0.05) is 18.2 Å². The van der Waals surface area contributed by atoms with Crippen molar-refractivity contribution in [2.24, 2.45) is 0 Å². The van der Waals surface area contributed by atoms with Crippen LogP contribution >= 0.6 is 0 Å². The number of hydrogen-bond donors (Lipinski definition) is 1. The lowest BCUT2D eigenvalue weighted by Crippen LogP contribution is -2.20. The maximum Gasteiger partial charge on any atom is 0.116 e. The second-order valence-electron chi connectivity index (χ2n) is 4.43. The highest BCUT2D eigenvalue weighted by Crippen LogP contribution is 2.25. The molecule has 0 fully saturated rings. The Hall–Kier alpha value is -1.74. The first-order chi connectivity index (χ1) is 8.34. The van der Waals surface area contributed by atoms with Crippen molar-refractivity contribution in [1.82, 2.24) is 15.3 Å². The molecule has 1 aliphatic heterocycles. The van der Waals surface area contributed by atoms with Crippen LogP contribution in [0.1, 0.15) is 17.7 Å². The summed E-state index contributed by atoms with van der Waals surface area (Å²) in [5.74, 6) is 0. The topological polar surface area (TPSA) is 37.8 Å². The summed E-state index contributed by atoms with van der Waals surface area (Å²) in [4.78, 5) is 8.80. The monoisotopic (exact) mass is 225 g/mol. The normalized spacial score (nSPS) is 15.9. The van der Waals surface area contributed by atoms with E-state index in [2.05, 4.69) is 46.5 Å². The van der Waals surface area contributed by atoms with E-state index in [4.69, 9.17) is 0 Å². The SMILES string of the molecule is Cc1ccc2c(C3=CCNCC3)ncnc2c1. The van der Waals surface area contributed by atoms with Crippen molar-refractivity contribution in [1.29, 1.82) is 0 Å². The molecule has 0 bridgehead atoms. The highest BCUT2D eigenvalue weighted by Gasteiger charge is 2.10. The van der Waals surface area contributed by atoms with Crippen LogP contribution in [0.2, 0.25) is 0 Å². The molecular weight excluding hydrogens is 210 g/mol. The van der Waals surface area contributed by atoms with E-state index in [0.717, 1.165) is 36.1 Å². The number of nitrogens with one attached hydrogen (secondary N) is 1. The summed E-state index contributed by atoms with van der Waals surface area (Å²) >= 11 is 0. The van der Waals surface area contributed by atoms with Crippen LogP contribution in [-0.4, -0.2) is 23.1 Å². The highest BCUT2D eigenvalue weighted by molar-refractivity contribution is 5.90. The number of hydrogen-bond acceptors (Lipinski definition) is 3. The molecule has 0 radical (unpaired) electrons. The molecule has 0 saturated heterocycles. The van der Waals surface area contributed by atoms with Crippen LogP contribution in [0.5, 0.6) is 0 Å². The third kappa shape index (κ3) is 1.94. The molecule has 0 amide bonds. The van der Waals surface area contributed by atoms with Crippen LogP contribution < -0.4 is 5.32 Å². The second-order valence-corrected chi connectivity index (χ2v) is 4.43. The average Bonchev–Trinajstić information content (AvgIpc) is 2.39. The van der Waals surface area contributed by atoms with Gasteiger partial charge in [-0.05, 0) is 37.1 Å². The van der Waals surface area contributed by atoms with Gasteiger partial charge in [0.25, 0.3) is 0 Å². The van der Waals surface area contributed by atoms with Gasteiger partial charge in [0.05, 0.1) is 11.2 Å². The standard InChI is InChI=1S/C14H15N3/c1-10-2-3-12-13(8-10)16-9-17-14(12)11-4-6-15-7-5-11/h2-4,8-9,15H,5-7H2,1H3. The lowest BCUT2D eigenvalue weighted by atomic mass is 10.0. The van der Waals surface area contributed by atoms with Crippen molar-refractivity contribution in [2.45, 2.75) is 13.3 Å². The summed E-state index contributed by atoms with van der Waals surface area (Å²) in [6, 6.07) is 6.36. The molecule has 0 saturated carbocycles. The van der Waals surface area contributed by atoms with E-state index >= 15 is 0 Å². The fraction of sp³-hybridized carbons (Fsp3) is 0.286. The maximum absolute atomic E-state index is 4.45. The Bertz CT molecular complexity index is 587. The van der Waals surface area contributed by atoms with Crippen LogP contribution in [0.4, 0.5) is 0 Å². The lowest BCUT2D eigenvalue weighted by Gasteiger charge is -2.14. The first-order valence-corrected chi connectivity index (χ1v) is 5.96. The average molecular weight is 225 g/mol. The molecule has 1 aromatic heterocycles. The van der Waals surface area contributed by atoms with Crippen molar-refractivity contribution in [3.8, 4) is 0 Å². The first kappa shape index (κ1) is 10.4. The Balaban J connectivity index is 2.19. The minimum atomic E-state index is 0.937. The minimum absolute atomic E-state index is 0.937.